The van der Waals surface area contributed by atoms with Crippen molar-refractivity contribution in [2.45, 2.75) is 105 Å². The number of carbonyl (C=O) groups is 1. The molecule has 2 aromatic carbocycles. The first-order valence-corrected chi connectivity index (χ1v) is 21.7. The zero-order valence-electron chi connectivity index (χ0n) is 30.0. The lowest BCUT2D eigenvalue weighted by molar-refractivity contribution is -0.160. The van der Waals surface area contributed by atoms with Crippen LogP contribution in [0.15, 0.2) is 65.8 Å². The number of hydrogen-bond acceptors (Lipinski definition) is 12. The fourth-order valence-corrected chi connectivity index (χ4v) is 9.41. The third-order valence-corrected chi connectivity index (χ3v) is 13.5. The Balaban J connectivity index is 1.05. The van der Waals surface area contributed by atoms with Crippen molar-refractivity contribution in [1.82, 2.24) is 9.88 Å². The van der Waals surface area contributed by atoms with Crippen LogP contribution >= 0.6 is 23.4 Å². The summed E-state index contributed by atoms with van der Waals surface area (Å²) >= 11 is 8.27. The second-order valence-corrected chi connectivity index (χ2v) is 18.3. The molecule has 3 aliphatic rings. The summed E-state index contributed by atoms with van der Waals surface area (Å²) in [5, 5.41) is 50.5. The fourth-order valence-electron chi connectivity index (χ4n) is 6.80. The Morgan fingerprint density at radius 1 is 0.981 bits per heavy atom. The molecule has 6 rings (SSSR count). The summed E-state index contributed by atoms with van der Waals surface area (Å²) in [5.41, 5.74) is 3.49. The lowest BCUT2D eigenvalue weighted by Crippen LogP contribution is -2.55. The zero-order valence-corrected chi connectivity index (χ0v) is 32.4. The standard InChI is InChI=1S/C39H49ClN2O10S2/c40-32-10-9-28(53-18-4-3-17-42(26-12-19-54(49,50)20-13-26)38(48)37(47)36(46)35(45)33(44)23-43)21-25(32)24-51-39(14-15-39)31-22-41-16-11-29(31)30-5-1-2-6-34(30)52-27-7-8-27/h1-2,5-6,9-11,16,21-22,26-27,33,35-37,43-47H,3-4,7-8,12-15,17-20,23-24H2/t33-,35+,36-,37-/m0/s1. The van der Waals surface area contributed by atoms with E-state index in [4.69, 9.17) is 26.2 Å². The van der Waals surface area contributed by atoms with Gasteiger partial charge in [0.2, 0.25) is 0 Å². The van der Waals surface area contributed by atoms with Crippen molar-refractivity contribution < 1.29 is 48.2 Å². The molecule has 15 heteroatoms. The van der Waals surface area contributed by atoms with Gasteiger partial charge in [-0.25, -0.2) is 8.42 Å². The number of unbranched alkanes of at least 4 members (excludes halogenated alkanes) is 1. The third kappa shape index (κ3) is 10.1. The van der Waals surface area contributed by atoms with Crippen molar-refractivity contribution in [3.8, 4) is 16.9 Å². The number of thioether (sulfide) groups is 1. The van der Waals surface area contributed by atoms with Gasteiger partial charge in [0.25, 0.3) is 5.91 Å². The van der Waals surface area contributed by atoms with E-state index in [9.17, 15) is 33.6 Å². The van der Waals surface area contributed by atoms with Crippen molar-refractivity contribution in [2.75, 3.05) is 30.4 Å². The van der Waals surface area contributed by atoms with E-state index in [1.807, 2.05) is 48.7 Å². The van der Waals surface area contributed by atoms with Gasteiger partial charge in [0.15, 0.2) is 6.10 Å². The zero-order chi connectivity index (χ0) is 38.5. The number of aromatic nitrogens is 1. The molecule has 0 unspecified atom stereocenters. The Morgan fingerprint density at radius 2 is 1.72 bits per heavy atom. The first-order valence-electron chi connectivity index (χ1n) is 18.5. The highest BCUT2D eigenvalue weighted by atomic mass is 35.5. The number of halogens is 1. The molecule has 0 bridgehead atoms. The van der Waals surface area contributed by atoms with Crippen molar-refractivity contribution >= 4 is 39.1 Å². The van der Waals surface area contributed by atoms with Gasteiger partial charge in [-0.3, -0.25) is 9.78 Å². The van der Waals surface area contributed by atoms with E-state index in [1.165, 1.54) is 4.90 Å². The van der Waals surface area contributed by atoms with Crippen LogP contribution < -0.4 is 4.74 Å². The van der Waals surface area contributed by atoms with E-state index in [-0.39, 0.29) is 37.0 Å². The number of sulfone groups is 1. The molecule has 1 aromatic heterocycles. The lowest BCUT2D eigenvalue weighted by Gasteiger charge is -2.37. The molecule has 54 heavy (non-hydrogen) atoms. The van der Waals surface area contributed by atoms with Gasteiger partial charge in [-0.15, -0.1) is 11.8 Å². The predicted molar refractivity (Wildman–Crippen MR) is 205 cm³/mol. The Kier molecular flexibility index (Phi) is 13.6. The fraction of sp³-hybridized carbons (Fsp3) is 0.538. The highest BCUT2D eigenvalue weighted by molar-refractivity contribution is 7.99. The average Bonchev–Trinajstić information content (AvgIpc) is 4.13. The molecular weight excluding hydrogens is 756 g/mol. The van der Waals surface area contributed by atoms with Crippen molar-refractivity contribution in [2.24, 2.45) is 0 Å². The number of para-hydroxylation sites is 1. The van der Waals surface area contributed by atoms with Gasteiger partial charge in [-0.1, -0.05) is 29.8 Å². The topological polar surface area (TPSA) is 187 Å². The van der Waals surface area contributed by atoms with Crippen LogP contribution in [0, 0.1) is 0 Å². The van der Waals surface area contributed by atoms with E-state index in [2.05, 4.69) is 11.1 Å². The van der Waals surface area contributed by atoms with Crippen LogP contribution in [-0.2, 0) is 31.6 Å². The summed E-state index contributed by atoms with van der Waals surface area (Å²) in [5.74, 6) is 0.497. The monoisotopic (exact) mass is 804 g/mol. The molecule has 3 fully saturated rings. The summed E-state index contributed by atoms with van der Waals surface area (Å²) in [7, 11) is -3.23. The van der Waals surface area contributed by atoms with Crippen LogP contribution in [0.4, 0.5) is 0 Å². The number of rotatable bonds is 19. The second-order valence-electron chi connectivity index (χ2n) is 14.4. The summed E-state index contributed by atoms with van der Waals surface area (Å²) in [6.45, 7) is -0.363. The van der Waals surface area contributed by atoms with E-state index >= 15 is 0 Å². The highest BCUT2D eigenvalue weighted by Gasteiger charge is 2.48. The Bertz CT molecular complexity index is 1840. The van der Waals surface area contributed by atoms with Gasteiger partial charge in [0.05, 0.1) is 36.4 Å². The van der Waals surface area contributed by atoms with Crippen LogP contribution in [0.5, 0.6) is 5.75 Å². The molecule has 294 valence electrons. The van der Waals surface area contributed by atoms with Crippen molar-refractivity contribution in [3.05, 3.63) is 77.1 Å². The van der Waals surface area contributed by atoms with Crippen LogP contribution in [0.3, 0.4) is 0 Å². The minimum atomic E-state index is -3.23. The quantitative estimate of drug-likeness (QED) is 0.0872. The van der Waals surface area contributed by atoms with Crippen LogP contribution in [0.1, 0.15) is 62.5 Å². The maximum absolute atomic E-state index is 13.4. The van der Waals surface area contributed by atoms with Gasteiger partial charge in [0, 0.05) is 46.0 Å². The first-order chi connectivity index (χ1) is 25.9. The smallest absolute Gasteiger partial charge is 0.254 e. The van der Waals surface area contributed by atoms with Gasteiger partial charge in [0.1, 0.15) is 33.9 Å². The molecule has 5 N–H and O–H groups in total. The molecule has 2 aliphatic carbocycles. The van der Waals surface area contributed by atoms with E-state index in [0.717, 1.165) is 58.6 Å². The molecule has 4 atom stereocenters. The molecule has 1 saturated heterocycles. The molecule has 0 spiro atoms. The number of aliphatic hydroxyl groups is 5. The third-order valence-electron chi connectivity index (χ3n) is 10.4. The molecular formula is C39H49ClN2O10S2. The summed E-state index contributed by atoms with van der Waals surface area (Å²) in [6, 6.07) is 15.5. The molecule has 1 aliphatic heterocycles. The van der Waals surface area contributed by atoms with Crippen LogP contribution in [0.2, 0.25) is 5.02 Å². The number of benzene rings is 2. The number of nitrogens with zero attached hydrogens (tertiary/aromatic N) is 2. The van der Waals surface area contributed by atoms with E-state index in [1.54, 1.807) is 18.0 Å². The predicted octanol–water partition coefficient (Wildman–Crippen LogP) is 3.86. The highest BCUT2D eigenvalue weighted by Crippen LogP contribution is 2.53. The summed E-state index contributed by atoms with van der Waals surface area (Å²) in [4.78, 5) is 20.2. The van der Waals surface area contributed by atoms with Gasteiger partial charge >= 0.3 is 0 Å². The lowest BCUT2D eigenvalue weighted by atomic mass is 9.96. The minimum Gasteiger partial charge on any atom is -0.490 e. The molecule has 2 saturated carbocycles. The van der Waals surface area contributed by atoms with Crippen molar-refractivity contribution in [3.63, 3.8) is 0 Å². The maximum Gasteiger partial charge on any atom is 0.254 e. The van der Waals surface area contributed by atoms with Crippen LogP contribution in [0.25, 0.3) is 11.1 Å². The van der Waals surface area contributed by atoms with E-state index in [0.29, 0.717) is 30.2 Å². The largest absolute Gasteiger partial charge is 0.490 e. The number of amides is 1. The molecule has 1 amide bonds. The van der Waals surface area contributed by atoms with Gasteiger partial charge in [-0.2, -0.15) is 0 Å². The Morgan fingerprint density at radius 3 is 2.43 bits per heavy atom. The maximum atomic E-state index is 13.4. The van der Waals surface area contributed by atoms with Crippen molar-refractivity contribution in [1.29, 1.82) is 0 Å². The Hall–Kier alpha value is -2.79. The average molecular weight is 805 g/mol. The molecule has 3 aromatic rings. The normalized spacial score (nSPS) is 20.1. The number of hydrogen-bond donors (Lipinski definition) is 5. The van der Waals surface area contributed by atoms with E-state index < -0.39 is 58.4 Å². The molecule has 12 nitrogen and oxygen atoms in total. The second kappa shape index (κ2) is 18.0. The number of pyridine rings is 1. The first kappa shape index (κ1) is 40.9. The van der Waals surface area contributed by atoms with Gasteiger partial charge in [-0.05, 0) is 98.6 Å². The number of ether oxygens (including phenoxy) is 2. The molecule has 2 heterocycles. The Labute approximate surface area is 325 Å². The summed E-state index contributed by atoms with van der Waals surface area (Å²) < 4.78 is 37.0. The number of aliphatic hydroxyl groups excluding tert-OH is 5. The minimum absolute atomic E-state index is 0.0990. The molecule has 0 radical (unpaired) electrons. The number of carbonyl (C=O) groups excluding carboxylic acids is 1. The summed E-state index contributed by atoms with van der Waals surface area (Å²) in [6.07, 6.45) is 1.59. The van der Waals surface area contributed by atoms with Crippen LogP contribution in [-0.4, -0.2) is 117 Å². The van der Waals surface area contributed by atoms with Gasteiger partial charge < -0.3 is 39.9 Å². The SMILES string of the molecule is O=C([C@@H](O)[C@@H](O)[C@H](O)[C@@H](O)CO)N(CCCCSc1ccc(Cl)c(COC2(c3cnccc3-c3ccccc3OC3CC3)CC2)c1)C1CCS(=O)(=O)CC1.